The molecule has 0 unspecified atom stereocenters. The van der Waals surface area contributed by atoms with Gasteiger partial charge >= 0.3 is 0 Å². The predicted molar refractivity (Wildman–Crippen MR) is 47.6 cm³/mol. The molecule has 0 spiro atoms. The van der Waals surface area contributed by atoms with Crippen LogP contribution in [-0.2, 0) is 4.74 Å². The average molecular weight is 156 g/mol. The Balaban J connectivity index is 2.32. The van der Waals surface area contributed by atoms with Gasteiger partial charge in [0.2, 0.25) is 0 Å². The predicted octanol–water partition coefficient (Wildman–Crippen LogP) is 2.85. The highest BCUT2D eigenvalue weighted by Gasteiger charge is 2.33. The summed E-state index contributed by atoms with van der Waals surface area (Å²) in [5.74, 6) is 0.905. The largest absolute Gasteiger partial charge is 0.385 e. The Labute approximate surface area is 70.1 Å². The summed E-state index contributed by atoms with van der Waals surface area (Å²) in [6.45, 7) is 5.72. The maximum absolute atomic E-state index is 5.10. The van der Waals surface area contributed by atoms with E-state index >= 15 is 0 Å². The first kappa shape index (κ1) is 9.05. The van der Waals surface area contributed by atoms with Crippen LogP contribution in [0.2, 0.25) is 0 Å². The van der Waals surface area contributed by atoms with Gasteiger partial charge in [0, 0.05) is 13.7 Å². The Kier molecular flexibility index (Phi) is 2.94. The van der Waals surface area contributed by atoms with Crippen LogP contribution in [0.15, 0.2) is 0 Å². The third kappa shape index (κ3) is 2.19. The second kappa shape index (κ2) is 3.57. The van der Waals surface area contributed by atoms with Gasteiger partial charge in [-0.3, -0.25) is 0 Å². The van der Waals surface area contributed by atoms with Gasteiger partial charge in [-0.2, -0.15) is 0 Å². The molecule has 0 aromatic heterocycles. The van der Waals surface area contributed by atoms with Crippen molar-refractivity contribution in [3.05, 3.63) is 0 Å². The number of rotatable bonds is 3. The van der Waals surface area contributed by atoms with E-state index in [1.54, 1.807) is 7.11 Å². The summed E-state index contributed by atoms with van der Waals surface area (Å²) in [7, 11) is 1.79. The lowest BCUT2D eigenvalue weighted by molar-refractivity contribution is 0.145. The molecule has 1 aliphatic carbocycles. The third-order valence-corrected chi connectivity index (χ3v) is 3.15. The van der Waals surface area contributed by atoms with Gasteiger partial charge in [-0.25, -0.2) is 0 Å². The maximum atomic E-state index is 5.10. The SMILES string of the molecule is COCC[C@@H]1CCCC1(C)C. The molecule has 1 fully saturated rings. The minimum absolute atomic E-state index is 0.582. The van der Waals surface area contributed by atoms with Crippen molar-refractivity contribution >= 4 is 0 Å². The number of methoxy groups -OCH3 is 1. The van der Waals surface area contributed by atoms with Crippen molar-refractivity contribution in [3.8, 4) is 0 Å². The first-order valence-corrected chi connectivity index (χ1v) is 4.66. The van der Waals surface area contributed by atoms with Gasteiger partial charge in [0.25, 0.3) is 0 Å². The molecule has 1 heteroatoms. The summed E-state index contributed by atoms with van der Waals surface area (Å²) in [6, 6.07) is 0. The number of hydrogen-bond acceptors (Lipinski definition) is 1. The van der Waals surface area contributed by atoms with Crippen LogP contribution in [0.25, 0.3) is 0 Å². The minimum Gasteiger partial charge on any atom is -0.385 e. The van der Waals surface area contributed by atoms with Crippen molar-refractivity contribution < 1.29 is 4.74 Å². The van der Waals surface area contributed by atoms with E-state index < -0.39 is 0 Å². The third-order valence-electron chi connectivity index (χ3n) is 3.15. The van der Waals surface area contributed by atoms with Crippen molar-refractivity contribution in [2.24, 2.45) is 11.3 Å². The van der Waals surface area contributed by atoms with E-state index in [1.165, 1.54) is 25.7 Å². The molecule has 1 nitrogen and oxygen atoms in total. The summed E-state index contributed by atoms with van der Waals surface area (Å²) in [5, 5.41) is 0. The second-order valence-electron chi connectivity index (χ2n) is 4.36. The van der Waals surface area contributed by atoms with Gasteiger partial charge in [0.15, 0.2) is 0 Å². The van der Waals surface area contributed by atoms with E-state index in [-0.39, 0.29) is 0 Å². The zero-order chi connectivity index (χ0) is 8.32. The summed E-state index contributed by atoms with van der Waals surface area (Å²) in [4.78, 5) is 0. The number of hydrogen-bond donors (Lipinski definition) is 0. The first-order chi connectivity index (χ1) is 5.17. The van der Waals surface area contributed by atoms with Crippen molar-refractivity contribution in [2.45, 2.75) is 39.5 Å². The van der Waals surface area contributed by atoms with Crippen LogP contribution in [0.1, 0.15) is 39.5 Å². The molecule has 66 valence electrons. The fourth-order valence-electron chi connectivity index (χ4n) is 2.19. The van der Waals surface area contributed by atoms with Crippen LogP contribution in [-0.4, -0.2) is 13.7 Å². The lowest BCUT2D eigenvalue weighted by atomic mass is 9.80. The van der Waals surface area contributed by atoms with E-state index in [0.29, 0.717) is 5.41 Å². The summed E-state index contributed by atoms with van der Waals surface area (Å²) < 4.78 is 5.10. The molecule has 0 amide bonds. The van der Waals surface area contributed by atoms with Crippen molar-refractivity contribution in [3.63, 3.8) is 0 Å². The zero-order valence-electron chi connectivity index (χ0n) is 8.02. The van der Waals surface area contributed by atoms with E-state index in [9.17, 15) is 0 Å². The van der Waals surface area contributed by atoms with Crippen LogP contribution in [0.4, 0.5) is 0 Å². The highest BCUT2D eigenvalue weighted by atomic mass is 16.5. The molecule has 0 N–H and O–H groups in total. The Bertz CT molecular complexity index is 118. The summed E-state index contributed by atoms with van der Waals surface area (Å²) >= 11 is 0. The Hall–Kier alpha value is -0.0400. The smallest absolute Gasteiger partial charge is 0.0465 e. The van der Waals surface area contributed by atoms with E-state index in [1.807, 2.05) is 0 Å². The Morgan fingerprint density at radius 2 is 2.18 bits per heavy atom. The van der Waals surface area contributed by atoms with Gasteiger partial charge in [0.05, 0.1) is 0 Å². The Morgan fingerprint density at radius 1 is 1.45 bits per heavy atom. The van der Waals surface area contributed by atoms with Crippen LogP contribution in [0.3, 0.4) is 0 Å². The quantitative estimate of drug-likeness (QED) is 0.610. The van der Waals surface area contributed by atoms with Gasteiger partial charge in [-0.05, 0) is 30.6 Å². The molecular formula is C10H20O. The first-order valence-electron chi connectivity index (χ1n) is 4.66. The molecular weight excluding hydrogens is 136 g/mol. The molecule has 0 radical (unpaired) electrons. The van der Waals surface area contributed by atoms with Crippen molar-refractivity contribution in [1.29, 1.82) is 0 Å². The number of ether oxygens (including phenoxy) is 1. The molecule has 1 saturated carbocycles. The normalized spacial score (nSPS) is 29.2. The van der Waals surface area contributed by atoms with Crippen LogP contribution < -0.4 is 0 Å². The second-order valence-corrected chi connectivity index (χ2v) is 4.36. The standard InChI is InChI=1S/C10H20O/c1-10(2)7-4-5-9(10)6-8-11-3/h9H,4-8H2,1-3H3/t9-/m0/s1. The molecule has 0 heterocycles. The molecule has 0 aromatic carbocycles. The highest BCUT2D eigenvalue weighted by molar-refractivity contribution is 4.84. The molecule has 1 rings (SSSR count). The topological polar surface area (TPSA) is 9.23 Å². The molecule has 1 aliphatic rings. The summed E-state index contributed by atoms with van der Waals surface area (Å²) in [5.41, 5.74) is 0.582. The minimum atomic E-state index is 0.582. The highest BCUT2D eigenvalue weighted by Crippen LogP contribution is 2.44. The van der Waals surface area contributed by atoms with Gasteiger partial charge < -0.3 is 4.74 Å². The molecule has 0 aromatic rings. The van der Waals surface area contributed by atoms with Gasteiger partial charge in [-0.1, -0.05) is 20.3 Å². The van der Waals surface area contributed by atoms with Gasteiger partial charge in [0.1, 0.15) is 0 Å². The Morgan fingerprint density at radius 3 is 2.64 bits per heavy atom. The van der Waals surface area contributed by atoms with E-state index in [2.05, 4.69) is 13.8 Å². The molecule has 11 heavy (non-hydrogen) atoms. The van der Waals surface area contributed by atoms with E-state index in [0.717, 1.165) is 12.5 Å². The van der Waals surface area contributed by atoms with E-state index in [4.69, 9.17) is 4.74 Å². The molecule has 1 atom stereocenters. The van der Waals surface area contributed by atoms with Crippen LogP contribution in [0, 0.1) is 11.3 Å². The molecule has 0 aliphatic heterocycles. The monoisotopic (exact) mass is 156 g/mol. The van der Waals surface area contributed by atoms with Gasteiger partial charge in [-0.15, -0.1) is 0 Å². The maximum Gasteiger partial charge on any atom is 0.0465 e. The zero-order valence-corrected chi connectivity index (χ0v) is 8.02. The fraction of sp³-hybridized carbons (Fsp3) is 1.00. The average Bonchev–Trinajstić information content (AvgIpc) is 2.25. The lowest BCUT2D eigenvalue weighted by Crippen LogP contribution is -2.18. The van der Waals surface area contributed by atoms with Crippen LogP contribution in [0.5, 0.6) is 0 Å². The fourth-order valence-corrected chi connectivity index (χ4v) is 2.19. The lowest BCUT2D eigenvalue weighted by Gasteiger charge is -2.26. The van der Waals surface area contributed by atoms with Crippen LogP contribution >= 0.6 is 0 Å². The molecule has 0 saturated heterocycles. The molecule has 0 bridgehead atoms. The van der Waals surface area contributed by atoms with Crippen molar-refractivity contribution in [1.82, 2.24) is 0 Å². The van der Waals surface area contributed by atoms with Crippen molar-refractivity contribution in [2.75, 3.05) is 13.7 Å². The summed E-state index contributed by atoms with van der Waals surface area (Å²) in [6.07, 6.45) is 5.49.